The monoisotopic (exact) mass is 440 g/mol. The van der Waals surface area contributed by atoms with Crippen LogP contribution in [0.2, 0.25) is 0 Å². The first kappa shape index (κ1) is 19.1. The largest absolute Gasteiger partial charge is 0.336 e. The highest BCUT2D eigenvalue weighted by Gasteiger charge is 2.34. The zero-order chi connectivity index (χ0) is 19.1. The van der Waals surface area contributed by atoms with E-state index in [1.54, 1.807) is 36.5 Å². The Bertz CT molecular complexity index is 947. The van der Waals surface area contributed by atoms with Crippen molar-refractivity contribution >= 4 is 31.9 Å². The highest BCUT2D eigenvalue weighted by atomic mass is 79.9. The third kappa shape index (κ3) is 3.30. The topological polar surface area (TPSA) is 75.5 Å². The van der Waals surface area contributed by atoms with Crippen molar-refractivity contribution < 1.29 is 13.2 Å². The number of sulfonamides is 1. The van der Waals surface area contributed by atoms with Gasteiger partial charge >= 0.3 is 0 Å². The van der Waals surface area contributed by atoms with Gasteiger partial charge in [0.15, 0.2) is 0 Å². The van der Waals surface area contributed by atoms with Gasteiger partial charge in [-0.25, -0.2) is 8.42 Å². The van der Waals surface area contributed by atoms with Crippen LogP contribution < -0.4 is 0 Å². The van der Waals surface area contributed by atoms with E-state index in [0.29, 0.717) is 30.0 Å². The maximum atomic E-state index is 13.0. The molecule has 0 bridgehead atoms. The number of halogens is 1. The smallest absolute Gasteiger partial charge is 0.255 e. The molecule has 1 saturated heterocycles. The van der Waals surface area contributed by atoms with E-state index in [0.717, 1.165) is 4.47 Å². The standard InChI is InChI=1S/C17H21BrN4O3S/c1-12-16(13(2)20(3)19-12)26(24,25)22-10-8-21(9-11-22)17(23)14-6-4-5-7-15(14)18/h4-7H,8-11H2,1-3H3. The Balaban J connectivity index is 1.76. The number of nitrogens with zero attached hydrogens (tertiary/aromatic N) is 4. The number of hydrogen-bond donors (Lipinski definition) is 0. The summed E-state index contributed by atoms with van der Waals surface area (Å²) in [5.41, 5.74) is 1.70. The number of carbonyl (C=O) groups excluding carboxylic acids is 1. The Hall–Kier alpha value is -1.71. The first-order chi connectivity index (χ1) is 12.2. The molecule has 1 aromatic heterocycles. The summed E-state index contributed by atoms with van der Waals surface area (Å²) in [6.45, 7) is 4.71. The van der Waals surface area contributed by atoms with Crippen LogP contribution in [0.4, 0.5) is 0 Å². The molecule has 1 aliphatic heterocycles. The van der Waals surface area contributed by atoms with Crippen LogP contribution in [0.25, 0.3) is 0 Å². The number of rotatable bonds is 3. The second-order valence-electron chi connectivity index (χ2n) is 6.30. The minimum Gasteiger partial charge on any atom is -0.336 e. The number of piperazine rings is 1. The van der Waals surface area contributed by atoms with E-state index in [-0.39, 0.29) is 23.9 Å². The molecule has 0 spiro atoms. The maximum absolute atomic E-state index is 13.0. The Kier molecular flexibility index (Phi) is 5.23. The fourth-order valence-corrected chi connectivity index (χ4v) is 5.47. The molecular formula is C17H21BrN4O3S. The summed E-state index contributed by atoms with van der Waals surface area (Å²) in [5, 5.41) is 4.21. The molecule has 0 radical (unpaired) electrons. The van der Waals surface area contributed by atoms with Crippen LogP contribution in [0.15, 0.2) is 33.6 Å². The van der Waals surface area contributed by atoms with E-state index in [2.05, 4.69) is 21.0 Å². The normalized spacial score (nSPS) is 16.1. The van der Waals surface area contributed by atoms with E-state index in [4.69, 9.17) is 0 Å². The number of benzene rings is 1. The van der Waals surface area contributed by atoms with E-state index >= 15 is 0 Å². The second kappa shape index (κ2) is 7.13. The quantitative estimate of drug-likeness (QED) is 0.730. The lowest BCUT2D eigenvalue weighted by Crippen LogP contribution is -2.50. The number of amides is 1. The van der Waals surface area contributed by atoms with Crippen LogP contribution in [-0.4, -0.2) is 59.5 Å². The molecule has 2 heterocycles. The summed E-state index contributed by atoms with van der Waals surface area (Å²) < 4.78 is 29.8. The van der Waals surface area contributed by atoms with Crippen molar-refractivity contribution in [1.29, 1.82) is 0 Å². The lowest BCUT2D eigenvalue weighted by atomic mass is 10.2. The minimum absolute atomic E-state index is 0.0942. The number of hydrogen-bond acceptors (Lipinski definition) is 4. The molecule has 0 aliphatic carbocycles. The lowest BCUT2D eigenvalue weighted by Gasteiger charge is -2.34. The third-order valence-corrected chi connectivity index (χ3v) is 7.51. The summed E-state index contributed by atoms with van der Waals surface area (Å²) >= 11 is 3.39. The summed E-state index contributed by atoms with van der Waals surface area (Å²) in [6, 6.07) is 7.25. The summed E-state index contributed by atoms with van der Waals surface area (Å²) in [7, 11) is -1.89. The van der Waals surface area contributed by atoms with Gasteiger partial charge in [0, 0.05) is 37.7 Å². The van der Waals surface area contributed by atoms with Gasteiger partial charge in [0.05, 0.1) is 17.0 Å². The van der Waals surface area contributed by atoms with Gasteiger partial charge in [-0.15, -0.1) is 0 Å². The van der Waals surface area contributed by atoms with Gasteiger partial charge in [-0.3, -0.25) is 9.48 Å². The van der Waals surface area contributed by atoms with Crippen LogP contribution in [0, 0.1) is 13.8 Å². The molecule has 7 nitrogen and oxygen atoms in total. The van der Waals surface area contributed by atoms with Crippen molar-refractivity contribution in [2.24, 2.45) is 7.05 Å². The summed E-state index contributed by atoms with van der Waals surface area (Å²) in [4.78, 5) is 14.6. The molecule has 9 heteroatoms. The molecule has 140 valence electrons. The molecule has 1 aliphatic rings. The molecule has 1 amide bonds. The molecular weight excluding hydrogens is 420 g/mol. The minimum atomic E-state index is -3.62. The molecule has 0 atom stereocenters. The SMILES string of the molecule is Cc1nn(C)c(C)c1S(=O)(=O)N1CCN(C(=O)c2ccccc2Br)CC1. The van der Waals surface area contributed by atoms with Crippen molar-refractivity contribution in [2.75, 3.05) is 26.2 Å². The van der Waals surface area contributed by atoms with Gasteiger partial charge in [0.1, 0.15) is 4.90 Å². The Morgan fingerprint density at radius 2 is 1.73 bits per heavy atom. The Morgan fingerprint density at radius 3 is 2.27 bits per heavy atom. The van der Waals surface area contributed by atoms with Gasteiger partial charge in [0.25, 0.3) is 5.91 Å². The van der Waals surface area contributed by atoms with E-state index < -0.39 is 10.0 Å². The van der Waals surface area contributed by atoms with Gasteiger partial charge < -0.3 is 4.90 Å². The predicted octanol–water partition coefficient (Wildman–Crippen LogP) is 1.95. The fraction of sp³-hybridized carbons (Fsp3) is 0.412. The molecule has 1 aromatic carbocycles. The second-order valence-corrected chi connectivity index (χ2v) is 9.03. The lowest BCUT2D eigenvalue weighted by molar-refractivity contribution is 0.0697. The molecule has 0 unspecified atom stereocenters. The van der Waals surface area contributed by atoms with Crippen molar-refractivity contribution in [2.45, 2.75) is 18.7 Å². The summed E-state index contributed by atoms with van der Waals surface area (Å²) in [5.74, 6) is -0.0942. The van der Waals surface area contributed by atoms with Crippen LogP contribution in [0.3, 0.4) is 0 Å². The van der Waals surface area contributed by atoms with Crippen LogP contribution >= 0.6 is 15.9 Å². The van der Waals surface area contributed by atoms with E-state index in [9.17, 15) is 13.2 Å². The van der Waals surface area contributed by atoms with Crippen LogP contribution in [0.1, 0.15) is 21.7 Å². The van der Waals surface area contributed by atoms with Crippen molar-refractivity contribution in [3.8, 4) is 0 Å². The fourth-order valence-electron chi connectivity index (χ4n) is 3.19. The highest BCUT2D eigenvalue weighted by molar-refractivity contribution is 9.10. The molecule has 2 aromatic rings. The van der Waals surface area contributed by atoms with E-state index in [1.165, 1.54) is 4.31 Å². The van der Waals surface area contributed by atoms with E-state index in [1.807, 2.05) is 18.2 Å². The van der Waals surface area contributed by atoms with Crippen molar-refractivity contribution in [3.63, 3.8) is 0 Å². The highest BCUT2D eigenvalue weighted by Crippen LogP contribution is 2.25. The van der Waals surface area contributed by atoms with Gasteiger partial charge in [0.2, 0.25) is 10.0 Å². The Morgan fingerprint density at radius 1 is 1.12 bits per heavy atom. The Labute approximate surface area is 161 Å². The van der Waals surface area contributed by atoms with Crippen molar-refractivity contribution in [1.82, 2.24) is 19.0 Å². The molecule has 0 N–H and O–H groups in total. The van der Waals surface area contributed by atoms with Crippen LogP contribution in [-0.2, 0) is 17.1 Å². The first-order valence-electron chi connectivity index (χ1n) is 8.27. The average Bonchev–Trinajstić information content (AvgIpc) is 2.87. The zero-order valence-corrected chi connectivity index (χ0v) is 17.3. The predicted molar refractivity (Wildman–Crippen MR) is 101 cm³/mol. The van der Waals surface area contributed by atoms with Gasteiger partial charge in [-0.1, -0.05) is 12.1 Å². The third-order valence-electron chi connectivity index (χ3n) is 4.67. The number of carbonyl (C=O) groups is 1. The van der Waals surface area contributed by atoms with Gasteiger partial charge in [-0.2, -0.15) is 9.40 Å². The van der Waals surface area contributed by atoms with Gasteiger partial charge in [-0.05, 0) is 41.9 Å². The summed E-state index contributed by atoms with van der Waals surface area (Å²) in [6.07, 6.45) is 0. The molecule has 3 rings (SSSR count). The zero-order valence-electron chi connectivity index (χ0n) is 14.9. The maximum Gasteiger partial charge on any atom is 0.255 e. The molecule has 26 heavy (non-hydrogen) atoms. The molecule has 0 saturated carbocycles. The van der Waals surface area contributed by atoms with Crippen LogP contribution in [0.5, 0.6) is 0 Å². The molecule has 1 fully saturated rings. The van der Waals surface area contributed by atoms with Crippen molar-refractivity contribution in [3.05, 3.63) is 45.7 Å². The number of aromatic nitrogens is 2. The average molecular weight is 441 g/mol. The number of aryl methyl sites for hydroxylation is 2. The first-order valence-corrected chi connectivity index (χ1v) is 10.5.